The second kappa shape index (κ2) is 10.9. The van der Waals surface area contributed by atoms with Gasteiger partial charge >= 0.3 is 0 Å². The van der Waals surface area contributed by atoms with Gasteiger partial charge in [-0.25, -0.2) is 9.98 Å². The molecule has 0 saturated carbocycles. The number of ether oxygens (including phenoxy) is 1. The van der Waals surface area contributed by atoms with Gasteiger partial charge in [0.15, 0.2) is 5.96 Å². The third-order valence-corrected chi connectivity index (χ3v) is 3.74. The number of carbonyl (C=O) groups is 1. The topological polar surface area (TPSA) is 78.9 Å². The van der Waals surface area contributed by atoms with Crippen molar-refractivity contribution in [2.75, 3.05) is 39.2 Å². The quantitative estimate of drug-likeness (QED) is 0.406. The van der Waals surface area contributed by atoms with Crippen molar-refractivity contribution in [2.45, 2.75) is 32.9 Å². The number of amides is 1. The van der Waals surface area contributed by atoms with Crippen LogP contribution in [0.25, 0.3) is 0 Å². The van der Waals surface area contributed by atoms with Crippen LogP contribution in [0, 0.1) is 0 Å². The number of nitrogens with zero attached hydrogens (tertiary/aromatic N) is 3. The lowest BCUT2D eigenvalue weighted by atomic mass is 10.2. The van der Waals surface area contributed by atoms with Crippen LogP contribution < -0.4 is 15.4 Å². The average Bonchev–Trinajstić information content (AvgIpc) is 2.56. The summed E-state index contributed by atoms with van der Waals surface area (Å²) < 4.78 is 5.72. The number of likely N-dealkylation sites (N-methyl/N-ethyl adjacent to an activating group) is 1. The van der Waals surface area contributed by atoms with Crippen LogP contribution in [-0.4, -0.2) is 66.5 Å². The van der Waals surface area contributed by atoms with Crippen LogP contribution in [0.2, 0.25) is 0 Å². The molecule has 0 aliphatic heterocycles. The number of thioether (sulfide) groups is 1. The van der Waals surface area contributed by atoms with Crippen LogP contribution in [0.1, 0.15) is 26.3 Å². The molecule has 146 valence electrons. The largest absolute Gasteiger partial charge is 0.472 e. The fraction of sp³-hybridized carbons (Fsp3) is 0.611. The molecular weight excluding hydrogens is 350 g/mol. The Bertz CT molecular complexity index is 582. The molecule has 0 aliphatic rings. The molecule has 7 nitrogen and oxygen atoms in total. The molecule has 1 heterocycles. The standard InChI is InChI=1S/C18H31N5O2S/c1-18(2,3)25-15-8-7-14(11-20-15)12-21-17(19-9-10-26-6)22-13-16(24)23(4)5/h7-8,11H,9-10,12-13H2,1-6H3,(H2,19,21,22). The van der Waals surface area contributed by atoms with Crippen LogP contribution in [-0.2, 0) is 11.3 Å². The fourth-order valence-electron chi connectivity index (χ4n) is 1.81. The van der Waals surface area contributed by atoms with E-state index in [1.54, 1.807) is 37.0 Å². The van der Waals surface area contributed by atoms with Gasteiger partial charge < -0.3 is 20.3 Å². The van der Waals surface area contributed by atoms with E-state index in [2.05, 4.69) is 20.6 Å². The Hall–Kier alpha value is -1.96. The minimum Gasteiger partial charge on any atom is -0.472 e. The van der Waals surface area contributed by atoms with Crippen molar-refractivity contribution in [2.24, 2.45) is 4.99 Å². The van der Waals surface area contributed by atoms with Gasteiger partial charge in [-0.1, -0.05) is 6.07 Å². The van der Waals surface area contributed by atoms with Crippen molar-refractivity contribution < 1.29 is 9.53 Å². The zero-order chi connectivity index (χ0) is 19.6. The first-order chi connectivity index (χ1) is 12.2. The lowest BCUT2D eigenvalue weighted by Crippen LogP contribution is -2.43. The van der Waals surface area contributed by atoms with Gasteiger partial charge in [0, 0.05) is 38.7 Å². The summed E-state index contributed by atoms with van der Waals surface area (Å²) in [4.78, 5) is 22.2. The minimum absolute atomic E-state index is 0.00489. The fourth-order valence-corrected chi connectivity index (χ4v) is 2.12. The third kappa shape index (κ3) is 9.50. The molecule has 0 unspecified atom stereocenters. The molecule has 0 saturated heterocycles. The summed E-state index contributed by atoms with van der Waals surface area (Å²) in [7, 11) is 3.46. The second-order valence-electron chi connectivity index (χ2n) is 6.95. The number of carbonyl (C=O) groups excluding carboxylic acids is 1. The Balaban J connectivity index is 2.67. The maximum atomic E-state index is 11.8. The summed E-state index contributed by atoms with van der Waals surface area (Å²) in [6.07, 6.45) is 3.81. The molecule has 0 spiro atoms. The highest BCUT2D eigenvalue weighted by molar-refractivity contribution is 7.98. The highest BCUT2D eigenvalue weighted by Crippen LogP contribution is 2.15. The summed E-state index contributed by atoms with van der Waals surface area (Å²) in [6.45, 7) is 7.41. The smallest absolute Gasteiger partial charge is 0.241 e. The number of hydrogen-bond donors (Lipinski definition) is 2. The minimum atomic E-state index is -0.274. The summed E-state index contributed by atoms with van der Waals surface area (Å²) in [5.74, 6) is 2.17. The molecule has 0 aromatic carbocycles. The van der Waals surface area contributed by atoms with Crippen LogP contribution >= 0.6 is 11.8 Å². The van der Waals surface area contributed by atoms with E-state index in [0.717, 1.165) is 17.9 Å². The van der Waals surface area contributed by atoms with Crippen LogP contribution in [0.3, 0.4) is 0 Å². The summed E-state index contributed by atoms with van der Waals surface area (Å²) in [5.41, 5.74) is 0.695. The Labute approximate surface area is 161 Å². The lowest BCUT2D eigenvalue weighted by molar-refractivity contribution is -0.127. The van der Waals surface area contributed by atoms with Gasteiger partial charge in [0.2, 0.25) is 11.8 Å². The van der Waals surface area contributed by atoms with E-state index in [4.69, 9.17) is 4.74 Å². The Morgan fingerprint density at radius 3 is 2.58 bits per heavy atom. The van der Waals surface area contributed by atoms with E-state index >= 15 is 0 Å². The molecule has 8 heteroatoms. The Kier molecular flexibility index (Phi) is 9.26. The molecule has 1 amide bonds. The van der Waals surface area contributed by atoms with E-state index < -0.39 is 0 Å². The highest BCUT2D eigenvalue weighted by atomic mass is 32.2. The first kappa shape index (κ1) is 22.1. The van der Waals surface area contributed by atoms with Gasteiger partial charge in [0.25, 0.3) is 0 Å². The molecule has 0 fully saturated rings. The summed E-state index contributed by atoms with van der Waals surface area (Å²) >= 11 is 1.75. The maximum Gasteiger partial charge on any atom is 0.241 e. The molecule has 0 bridgehead atoms. The van der Waals surface area contributed by atoms with E-state index in [-0.39, 0.29) is 18.1 Å². The molecule has 26 heavy (non-hydrogen) atoms. The predicted molar refractivity (Wildman–Crippen MR) is 109 cm³/mol. The molecule has 1 rings (SSSR count). The number of aromatic nitrogens is 1. The monoisotopic (exact) mass is 381 g/mol. The van der Waals surface area contributed by atoms with Crippen molar-refractivity contribution in [1.82, 2.24) is 20.5 Å². The zero-order valence-electron chi connectivity index (χ0n) is 16.6. The first-order valence-electron chi connectivity index (χ1n) is 8.56. The number of nitrogens with one attached hydrogen (secondary N) is 2. The van der Waals surface area contributed by atoms with Gasteiger partial charge in [0.05, 0.1) is 13.1 Å². The molecule has 1 aromatic heterocycles. The first-order valence-corrected chi connectivity index (χ1v) is 9.96. The number of guanidine groups is 1. The molecule has 0 radical (unpaired) electrons. The average molecular weight is 382 g/mol. The highest BCUT2D eigenvalue weighted by Gasteiger charge is 2.12. The number of pyridine rings is 1. The van der Waals surface area contributed by atoms with Crippen molar-refractivity contribution >= 4 is 23.6 Å². The van der Waals surface area contributed by atoms with Gasteiger partial charge in [-0.2, -0.15) is 11.8 Å². The number of aliphatic imine (C=N–C) groups is 1. The Morgan fingerprint density at radius 1 is 1.31 bits per heavy atom. The van der Waals surface area contributed by atoms with Crippen molar-refractivity contribution in [3.63, 3.8) is 0 Å². The van der Waals surface area contributed by atoms with Gasteiger partial charge in [-0.3, -0.25) is 4.79 Å². The van der Waals surface area contributed by atoms with Crippen LogP contribution in [0.15, 0.2) is 23.3 Å². The number of hydrogen-bond acceptors (Lipinski definition) is 5. The Morgan fingerprint density at radius 2 is 2.04 bits per heavy atom. The maximum absolute atomic E-state index is 11.8. The van der Waals surface area contributed by atoms with Crippen molar-refractivity contribution in [3.05, 3.63) is 23.9 Å². The van der Waals surface area contributed by atoms with E-state index in [1.807, 2.05) is 39.2 Å². The SMILES string of the molecule is CSCCNC(=NCc1ccc(OC(C)(C)C)nc1)NCC(=O)N(C)C. The predicted octanol–water partition coefficient (Wildman–Crippen LogP) is 1.75. The van der Waals surface area contributed by atoms with E-state index in [9.17, 15) is 4.79 Å². The second-order valence-corrected chi connectivity index (χ2v) is 7.93. The molecule has 1 aromatic rings. The van der Waals surface area contributed by atoms with Gasteiger partial charge in [-0.05, 0) is 32.6 Å². The molecule has 0 atom stereocenters. The zero-order valence-corrected chi connectivity index (χ0v) is 17.4. The van der Waals surface area contributed by atoms with E-state index in [0.29, 0.717) is 18.4 Å². The summed E-state index contributed by atoms with van der Waals surface area (Å²) in [5, 5.41) is 6.30. The van der Waals surface area contributed by atoms with Gasteiger partial charge in [0.1, 0.15) is 5.60 Å². The van der Waals surface area contributed by atoms with Crippen LogP contribution in [0.5, 0.6) is 5.88 Å². The third-order valence-electron chi connectivity index (χ3n) is 3.13. The lowest BCUT2D eigenvalue weighted by Gasteiger charge is -2.20. The molecular formula is C18H31N5O2S. The van der Waals surface area contributed by atoms with E-state index in [1.165, 1.54) is 0 Å². The summed E-state index contributed by atoms with van der Waals surface area (Å²) in [6, 6.07) is 3.79. The van der Waals surface area contributed by atoms with Crippen molar-refractivity contribution in [3.8, 4) is 5.88 Å². The van der Waals surface area contributed by atoms with Crippen molar-refractivity contribution in [1.29, 1.82) is 0 Å². The molecule has 2 N–H and O–H groups in total. The number of rotatable bonds is 8. The van der Waals surface area contributed by atoms with Gasteiger partial charge in [-0.15, -0.1) is 0 Å². The normalized spacial score (nSPS) is 11.8. The van der Waals surface area contributed by atoms with Crippen LogP contribution in [0.4, 0.5) is 0 Å². The molecule has 0 aliphatic carbocycles.